The maximum atomic E-state index is 11.6. The van der Waals surface area contributed by atoms with E-state index in [-0.39, 0.29) is 17.7 Å². The van der Waals surface area contributed by atoms with Gasteiger partial charge in [0.2, 0.25) is 10.0 Å². The zero-order valence-electron chi connectivity index (χ0n) is 9.44. The number of sulfonamides is 1. The van der Waals surface area contributed by atoms with Crippen molar-refractivity contribution in [2.45, 2.75) is 51.7 Å². The molecule has 0 radical (unpaired) electrons. The Hall–Kier alpha value is -0.130. The monoisotopic (exact) mass is 235 g/mol. The third-order valence-corrected chi connectivity index (χ3v) is 4.38. The van der Waals surface area contributed by atoms with Crippen LogP contribution < -0.4 is 4.72 Å². The van der Waals surface area contributed by atoms with E-state index in [1.54, 1.807) is 0 Å². The molecule has 0 amide bonds. The van der Waals surface area contributed by atoms with Crippen molar-refractivity contribution < 1.29 is 13.5 Å². The van der Waals surface area contributed by atoms with Crippen molar-refractivity contribution in [2.24, 2.45) is 5.92 Å². The minimum absolute atomic E-state index is 0.114. The normalized spacial score (nSPS) is 28.3. The molecule has 0 aromatic heterocycles. The van der Waals surface area contributed by atoms with Gasteiger partial charge in [0.15, 0.2) is 0 Å². The van der Waals surface area contributed by atoms with Gasteiger partial charge in [-0.05, 0) is 18.8 Å². The summed E-state index contributed by atoms with van der Waals surface area (Å²) in [5.74, 6) is 0.249. The maximum absolute atomic E-state index is 11.6. The molecular weight excluding hydrogens is 214 g/mol. The number of hydrogen-bond acceptors (Lipinski definition) is 3. The van der Waals surface area contributed by atoms with E-state index in [1.165, 1.54) is 0 Å². The van der Waals surface area contributed by atoms with E-state index < -0.39 is 16.1 Å². The molecule has 1 rings (SSSR count). The lowest BCUT2D eigenvalue weighted by atomic mass is 9.93. The molecule has 0 bridgehead atoms. The van der Waals surface area contributed by atoms with Gasteiger partial charge in [-0.3, -0.25) is 0 Å². The lowest BCUT2D eigenvalue weighted by Gasteiger charge is -2.28. The largest absolute Gasteiger partial charge is 0.391 e. The zero-order valence-corrected chi connectivity index (χ0v) is 10.3. The maximum Gasteiger partial charge on any atom is 0.212 e. The van der Waals surface area contributed by atoms with Crippen molar-refractivity contribution >= 4 is 10.0 Å². The Bertz CT molecular complexity index is 287. The first-order chi connectivity index (χ1) is 6.91. The van der Waals surface area contributed by atoms with E-state index in [9.17, 15) is 13.5 Å². The number of aliphatic hydroxyl groups excluding tert-OH is 1. The highest BCUT2D eigenvalue weighted by Gasteiger charge is 2.27. The van der Waals surface area contributed by atoms with Crippen LogP contribution in [0, 0.1) is 5.92 Å². The number of aliphatic hydroxyl groups is 1. The quantitative estimate of drug-likeness (QED) is 0.759. The molecule has 0 heterocycles. The second-order valence-corrected chi connectivity index (χ2v) is 6.55. The first kappa shape index (κ1) is 12.9. The van der Waals surface area contributed by atoms with Crippen LogP contribution in [0.1, 0.15) is 39.5 Å². The van der Waals surface area contributed by atoms with E-state index in [1.807, 2.05) is 13.8 Å². The van der Waals surface area contributed by atoms with E-state index in [0.717, 1.165) is 19.3 Å². The van der Waals surface area contributed by atoms with Crippen molar-refractivity contribution in [1.82, 2.24) is 4.72 Å². The van der Waals surface area contributed by atoms with Gasteiger partial charge in [0.05, 0.1) is 11.9 Å². The molecule has 0 saturated heterocycles. The average Bonchev–Trinajstić information content (AvgIpc) is 2.06. The summed E-state index contributed by atoms with van der Waals surface area (Å²) in [5.41, 5.74) is 0. The topological polar surface area (TPSA) is 66.4 Å². The summed E-state index contributed by atoms with van der Waals surface area (Å²) >= 11 is 0. The Labute approximate surface area is 92.1 Å². The Balaban J connectivity index is 2.52. The molecule has 0 aromatic rings. The Morgan fingerprint density at radius 3 is 2.47 bits per heavy atom. The van der Waals surface area contributed by atoms with Gasteiger partial charge in [-0.2, -0.15) is 0 Å². The first-order valence-electron chi connectivity index (χ1n) is 5.59. The van der Waals surface area contributed by atoms with E-state index in [2.05, 4.69) is 4.72 Å². The summed E-state index contributed by atoms with van der Waals surface area (Å²) in [6, 6.07) is -0.275. The molecular formula is C10H21NO3S. The van der Waals surface area contributed by atoms with Gasteiger partial charge in [-0.1, -0.05) is 26.7 Å². The fraction of sp³-hybridized carbons (Fsp3) is 1.00. The highest BCUT2D eigenvalue weighted by atomic mass is 32.2. The van der Waals surface area contributed by atoms with Gasteiger partial charge < -0.3 is 5.11 Å². The molecule has 15 heavy (non-hydrogen) atoms. The van der Waals surface area contributed by atoms with Crippen molar-refractivity contribution in [3.63, 3.8) is 0 Å². The average molecular weight is 235 g/mol. The zero-order chi connectivity index (χ0) is 11.5. The van der Waals surface area contributed by atoms with Gasteiger partial charge in [0.1, 0.15) is 0 Å². The minimum atomic E-state index is -3.22. The van der Waals surface area contributed by atoms with Crippen LogP contribution in [0.2, 0.25) is 0 Å². The molecule has 0 aromatic carbocycles. The summed E-state index contributed by atoms with van der Waals surface area (Å²) in [5, 5.41) is 9.64. The van der Waals surface area contributed by atoms with Crippen molar-refractivity contribution in [3.8, 4) is 0 Å². The Kier molecular flexibility index (Phi) is 4.55. The van der Waals surface area contributed by atoms with E-state index in [4.69, 9.17) is 0 Å². The van der Waals surface area contributed by atoms with Crippen LogP contribution in [-0.4, -0.2) is 31.4 Å². The summed E-state index contributed by atoms with van der Waals surface area (Å²) in [6.07, 6.45) is 2.92. The first-order valence-corrected chi connectivity index (χ1v) is 7.24. The second-order valence-electron chi connectivity index (χ2n) is 4.75. The molecule has 4 nitrogen and oxygen atoms in total. The van der Waals surface area contributed by atoms with Crippen LogP contribution in [0.5, 0.6) is 0 Å². The van der Waals surface area contributed by atoms with E-state index in [0.29, 0.717) is 6.42 Å². The molecule has 0 unspecified atom stereocenters. The molecule has 5 heteroatoms. The highest BCUT2D eigenvalue weighted by molar-refractivity contribution is 7.89. The van der Waals surface area contributed by atoms with Gasteiger partial charge in [0, 0.05) is 6.04 Å². The third-order valence-electron chi connectivity index (χ3n) is 2.61. The van der Waals surface area contributed by atoms with Gasteiger partial charge in [-0.25, -0.2) is 13.1 Å². The van der Waals surface area contributed by atoms with Gasteiger partial charge >= 0.3 is 0 Å². The summed E-state index contributed by atoms with van der Waals surface area (Å²) in [6.45, 7) is 3.74. The minimum Gasteiger partial charge on any atom is -0.391 e. The Morgan fingerprint density at radius 2 is 1.93 bits per heavy atom. The predicted molar refractivity (Wildman–Crippen MR) is 60.0 cm³/mol. The molecule has 1 fully saturated rings. The second kappa shape index (κ2) is 5.27. The summed E-state index contributed by atoms with van der Waals surface area (Å²) in [4.78, 5) is 0. The molecule has 0 spiro atoms. The molecule has 2 N–H and O–H groups in total. The predicted octanol–water partition coefficient (Wildman–Crippen LogP) is 0.865. The van der Waals surface area contributed by atoms with Crippen LogP contribution in [-0.2, 0) is 10.0 Å². The van der Waals surface area contributed by atoms with Crippen LogP contribution in [0.15, 0.2) is 0 Å². The molecule has 1 aliphatic rings. The lowest BCUT2D eigenvalue weighted by molar-refractivity contribution is 0.101. The van der Waals surface area contributed by atoms with Crippen molar-refractivity contribution in [3.05, 3.63) is 0 Å². The van der Waals surface area contributed by atoms with Crippen molar-refractivity contribution in [1.29, 1.82) is 0 Å². The molecule has 90 valence electrons. The number of hydrogen-bond donors (Lipinski definition) is 2. The summed E-state index contributed by atoms with van der Waals surface area (Å²) < 4.78 is 25.9. The lowest BCUT2D eigenvalue weighted by Crippen LogP contribution is -2.46. The van der Waals surface area contributed by atoms with Crippen molar-refractivity contribution in [2.75, 3.05) is 5.75 Å². The Morgan fingerprint density at radius 1 is 1.33 bits per heavy atom. The molecule has 1 saturated carbocycles. The SMILES string of the molecule is CC(C)CS(=O)(=O)N[C@@H]1CCCC[C@H]1O. The number of rotatable bonds is 4. The van der Waals surface area contributed by atoms with Crippen LogP contribution in [0.3, 0.4) is 0 Å². The number of nitrogens with one attached hydrogen (secondary N) is 1. The molecule has 0 aliphatic heterocycles. The smallest absolute Gasteiger partial charge is 0.212 e. The van der Waals surface area contributed by atoms with Crippen LogP contribution in [0.4, 0.5) is 0 Å². The third kappa shape index (κ3) is 4.49. The summed E-state index contributed by atoms with van der Waals surface area (Å²) in [7, 11) is -3.22. The molecule has 2 atom stereocenters. The van der Waals surface area contributed by atoms with Gasteiger partial charge in [-0.15, -0.1) is 0 Å². The fourth-order valence-corrected chi connectivity index (χ4v) is 3.68. The fourth-order valence-electron chi connectivity index (χ4n) is 1.97. The van der Waals surface area contributed by atoms with Gasteiger partial charge in [0.25, 0.3) is 0 Å². The van der Waals surface area contributed by atoms with Crippen LogP contribution >= 0.6 is 0 Å². The van der Waals surface area contributed by atoms with Crippen LogP contribution in [0.25, 0.3) is 0 Å². The standard InChI is InChI=1S/C10H21NO3S/c1-8(2)7-15(13,14)11-9-5-3-4-6-10(9)12/h8-12H,3-7H2,1-2H3/t9-,10-/m1/s1. The van der Waals surface area contributed by atoms with E-state index >= 15 is 0 Å². The molecule has 1 aliphatic carbocycles. The highest BCUT2D eigenvalue weighted by Crippen LogP contribution is 2.19.